The highest BCUT2D eigenvalue weighted by molar-refractivity contribution is 7.21. The topological polar surface area (TPSA) is 50.8 Å². The molecular formula is C16H19ClN2O3S. The van der Waals surface area contributed by atoms with Crippen molar-refractivity contribution in [1.82, 2.24) is 10.2 Å². The number of hydrogen-bond acceptors (Lipinski definition) is 5. The molecule has 0 aliphatic carbocycles. The Kier molecular flexibility index (Phi) is 5.38. The average molecular weight is 355 g/mol. The summed E-state index contributed by atoms with van der Waals surface area (Å²) in [6.07, 6.45) is 0. The molecule has 0 unspecified atom stereocenters. The van der Waals surface area contributed by atoms with E-state index in [1.54, 1.807) is 7.11 Å². The van der Waals surface area contributed by atoms with Gasteiger partial charge in [-0.25, -0.2) is 0 Å². The Morgan fingerprint density at radius 2 is 2.22 bits per heavy atom. The summed E-state index contributed by atoms with van der Waals surface area (Å²) in [5, 5.41) is 4.30. The van der Waals surface area contributed by atoms with Gasteiger partial charge in [-0.1, -0.05) is 11.6 Å². The molecule has 2 aromatic rings. The van der Waals surface area contributed by atoms with Gasteiger partial charge in [0.05, 0.1) is 25.3 Å². The molecule has 1 aromatic heterocycles. The van der Waals surface area contributed by atoms with Gasteiger partial charge >= 0.3 is 0 Å². The Morgan fingerprint density at radius 1 is 1.43 bits per heavy atom. The number of methoxy groups -OCH3 is 1. The number of benzene rings is 1. The van der Waals surface area contributed by atoms with Crippen LogP contribution in [-0.4, -0.2) is 57.3 Å². The van der Waals surface area contributed by atoms with E-state index >= 15 is 0 Å². The van der Waals surface area contributed by atoms with E-state index in [0.717, 1.165) is 48.7 Å². The van der Waals surface area contributed by atoms with Crippen LogP contribution in [0.1, 0.15) is 9.67 Å². The van der Waals surface area contributed by atoms with Crippen molar-refractivity contribution in [1.29, 1.82) is 0 Å². The van der Waals surface area contributed by atoms with Crippen molar-refractivity contribution >= 4 is 38.9 Å². The highest BCUT2D eigenvalue weighted by Crippen LogP contribution is 2.37. The SMILES string of the molecule is COc1ccc2sc(C(=O)NCCN3CCOCC3)c(Cl)c2c1. The summed E-state index contributed by atoms with van der Waals surface area (Å²) in [6, 6.07) is 5.66. The Balaban J connectivity index is 1.64. The van der Waals surface area contributed by atoms with Crippen molar-refractivity contribution in [2.45, 2.75) is 0 Å². The van der Waals surface area contributed by atoms with Crippen molar-refractivity contribution < 1.29 is 14.3 Å². The van der Waals surface area contributed by atoms with Gasteiger partial charge in [-0.3, -0.25) is 9.69 Å². The molecule has 0 radical (unpaired) electrons. The lowest BCUT2D eigenvalue weighted by molar-refractivity contribution is 0.0383. The summed E-state index contributed by atoms with van der Waals surface area (Å²) in [5.41, 5.74) is 0. The van der Waals surface area contributed by atoms with E-state index in [2.05, 4.69) is 10.2 Å². The summed E-state index contributed by atoms with van der Waals surface area (Å²) in [5.74, 6) is 0.611. The smallest absolute Gasteiger partial charge is 0.262 e. The summed E-state index contributed by atoms with van der Waals surface area (Å²) in [7, 11) is 1.61. The molecule has 3 rings (SSSR count). The maximum Gasteiger partial charge on any atom is 0.262 e. The highest BCUT2D eigenvalue weighted by Gasteiger charge is 2.18. The normalized spacial score (nSPS) is 15.7. The monoisotopic (exact) mass is 354 g/mol. The number of morpholine rings is 1. The van der Waals surface area contributed by atoms with Crippen LogP contribution in [-0.2, 0) is 4.74 Å². The summed E-state index contributed by atoms with van der Waals surface area (Å²) in [6.45, 7) is 4.78. The number of ether oxygens (including phenoxy) is 2. The predicted molar refractivity (Wildman–Crippen MR) is 93.0 cm³/mol. The van der Waals surface area contributed by atoms with E-state index in [1.165, 1.54) is 11.3 Å². The Morgan fingerprint density at radius 3 is 2.96 bits per heavy atom. The molecule has 0 spiro atoms. The van der Waals surface area contributed by atoms with Crippen LogP contribution in [0.3, 0.4) is 0 Å². The second-order valence-corrected chi connectivity index (χ2v) is 6.75. The third kappa shape index (κ3) is 3.77. The highest BCUT2D eigenvalue weighted by atomic mass is 35.5. The molecule has 2 heterocycles. The number of amides is 1. The third-order valence-corrected chi connectivity index (χ3v) is 5.53. The maximum atomic E-state index is 12.4. The Labute approximate surface area is 144 Å². The fraction of sp³-hybridized carbons (Fsp3) is 0.438. The van der Waals surface area contributed by atoms with Gasteiger partial charge in [0.15, 0.2) is 0 Å². The molecule has 1 aliphatic heterocycles. The maximum absolute atomic E-state index is 12.4. The van der Waals surface area contributed by atoms with Gasteiger partial charge in [-0.2, -0.15) is 0 Å². The fourth-order valence-electron chi connectivity index (χ4n) is 2.55. The van der Waals surface area contributed by atoms with Crippen LogP contribution >= 0.6 is 22.9 Å². The molecule has 124 valence electrons. The van der Waals surface area contributed by atoms with Crippen molar-refractivity contribution in [2.75, 3.05) is 46.5 Å². The molecule has 1 amide bonds. The number of thiophene rings is 1. The predicted octanol–water partition coefficient (Wildman–Crippen LogP) is 2.63. The zero-order valence-electron chi connectivity index (χ0n) is 12.9. The van der Waals surface area contributed by atoms with Gasteiger partial charge < -0.3 is 14.8 Å². The molecule has 5 nitrogen and oxygen atoms in total. The van der Waals surface area contributed by atoms with Gasteiger partial charge in [0.25, 0.3) is 5.91 Å². The van der Waals surface area contributed by atoms with Gasteiger partial charge in [0, 0.05) is 36.3 Å². The van der Waals surface area contributed by atoms with E-state index in [0.29, 0.717) is 16.4 Å². The molecule has 1 saturated heterocycles. The number of hydrogen-bond donors (Lipinski definition) is 1. The van der Waals surface area contributed by atoms with Gasteiger partial charge in [0.1, 0.15) is 10.6 Å². The Bertz CT molecular complexity index is 698. The molecule has 1 N–H and O–H groups in total. The zero-order chi connectivity index (χ0) is 16.2. The molecule has 7 heteroatoms. The van der Waals surface area contributed by atoms with Crippen LogP contribution in [0.25, 0.3) is 10.1 Å². The minimum Gasteiger partial charge on any atom is -0.497 e. The lowest BCUT2D eigenvalue weighted by Gasteiger charge is -2.26. The van der Waals surface area contributed by atoms with Crippen LogP contribution in [0.4, 0.5) is 0 Å². The van der Waals surface area contributed by atoms with Crippen molar-refractivity contribution in [3.8, 4) is 5.75 Å². The van der Waals surface area contributed by atoms with Crippen LogP contribution in [0.5, 0.6) is 5.75 Å². The van der Waals surface area contributed by atoms with Gasteiger partial charge in [0.2, 0.25) is 0 Å². The van der Waals surface area contributed by atoms with Crippen LogP contribution in [0.2, 0.25) is 5.02 Å². The third-order valence-electron chi connectivity index (χ3n) is 3.86. The van der Waals surface area contributed by atoms with E-state index in [4.69, 9.17) is 21.1 Å². The first-order valence-electron chi connectivity index (χ1n) is 7.53. The molecule has 0 atom stereocenters. The lowest BCUT2D eigenvalue weighted by atomic mass is 10.2. The van der Waals surface area contributed by atoms with Crippen LogP contribution in [0, 0.1) is 0 Å². The number of fused-ring (bicyclic) bond motifs is 1. The summed E-state index contributed by atoms with van der Waals surface area (Å²) in [4.78, 5) is 15.2. The second-order valence-electron chi connectivity index (χ2n) is 5.32. The number of carbonyl (C=O) groups excluding carboxylic acids is 1. The molecular weight excluding hydrogens is 336 g/mol. The lowest BCUT2D eigenvalue weighted by Crippen LogP contribution is -2.41. The molecule has 1 aromatic carbocycles. The molecule has 1 fully saturated rings. The largest absolute Gasteiger partial charge is 0.497 e. The van der Waals surface area contributed by atoms with Crippen molar-refractivity contribution in [3.05, 3.63) is 28.1 Å². The van der Waals surface area contributed by atoms with Crippen molar-refractivity contribution in [3.63, 3.8) is 0 Å². The summed E-state index contributed by atoms with van der Waals surface area (Å²) >= 11 is 7.78. The van der Waals surface area contributed by atoms with E-state index < -0.39 is 0 Å². The molecule has 0 saturated carbocycles. The standard InChI is InChI=1S/C16H19ClN2O3S/c1-21-11-2-3-13-12(10-11)14(17)15(23-13)16(20)18-4-5-19-6-8-22-9-7-19/h2-3,10H,4-9H2,1H3,(H,18,20). The minimum atomic E-state index is -0.122. The van der Waals surface area contributed by atoms with Gasteiger partial charge in [-0.05, 0) is 18.2 Å². The van der Waals surface area contributed by atoms with E-state index in [9.17, 15) is 4.79 Å². The fourth-order valence-corrected chi connectivity index (χ4v) is 3.96. The number of halogens is 1. The molecule has 0 bridgehead atoms. The van der Waals surface area contributed by atoms with E-state index in [1.807, 2.05) is 18.2 Å². The zero-order valence-corrected chi connectivity index (χ0v) is 14.5. The molecule has 1 aliphatic rings. The first kappa shape index (κ1) is 16.5. The quantitative estimate of drug-likeness (QED) is 0.896. The first-order valence-corrected chi connectivity index (χ1v) is 8.73. The number of rotatable bonds is 5. The first-order chi connectivity index (χ1) is 11.2. The Hall–Kier alpha value is -1.34. The molecule has 23 heavy (non-hydrogen) atoms. The van der Waals surface area contributed by atoms with Crippen LogP contribution < -0.4 is 10.1 Å². The minimum absolute atomic E-state index is 0.122. The summed E-state index contributed by atoms with van der Waals surface area (Å²) < 4.78 is 11.5. The number of nitrogens with one attached hydrogen (secondary N) is 1. The van der Waals surface area contributed by atoms with Crippen LogP contribution in [0.15, 0.2) is 18.2 Å². The van der Waals surface area contributed by atoms with E-state index in [-0.39, 0.29) is 5.91 Å². The number of nitrogens with zero attached hydrogens (tertiary/aromatic N) is 1. The number of carbonyl (C=O) groups is 1. The average Bonchev–Trinajstić information content (AvgIpc) is 2.92. The second kappa shape index (κ2) is 7.49. The van der Waals surface area contributed by atoms with Crippen molar-refractivity contribution in [2.24, 2.45) is 0 Å². The van der Waals surface area contributed by atoms with Gasteiger partial charge in [-0.15, -0.1) is 11.3 Å².